The van der Waals surface area contributed by atoms with Crippen LogP contribution in [0.15, 0.2) is 23.6 Å². The summed E-state index contributed by atoms with van der Waals surface area (Å²) in [6.07, 6.45) is 0.817. The molecule has 90 valence electrons. The first-order valence-electron chi connectivity index (χ1n) is 5.49. The van der Waals surface area contributed by atoms with Crippen LogP contribution in [0.3, 0.4) is 0 Å². The molecule has 2 aromatic rings. The number of halogens is 1. The fourth-order valence-corrected chi connectivity index (χ4v) is 3.34. The molecule has 1 atom stereocenters. The van der Waals surface area contributed by atoms with E-state index in [1.807, 2.05) is 6.92 Å². The Hall–Kier alpha value is -0.460. The highest BCUT2D eigenvalue weighted by Crippen LogP contribution is 2.25. The smallest absolute Gasteiger partial charge is 0.0947 e. The van der Waals surface area contributed by atoms with Gasteiger partial charge in [0.1, 0.15) is 0 Å². The summed E-state index contributed by atoms with van der Waals surface area (Å²) in [5.41, 5.74) is 9.85. The first-order valence-corrected chi connectivity index (χ1v) is 7.45. The normalized spacial score (nSPS) is 12.7. The van der Waals surface area contributed by atoms with Crippen molar-refractivity contribution in [2.24, 2.45) is 5.73 Å². The average Bonchev–Trinajstić information content (AvgIpc) is 2.68. The second kappa shape index (κ2) is 5.46. The number of hydrogen-bond donors (Lipinski definition) is 1. The molecule has 0 saturated carbocycles. The molecule has 0 aliphatic rings. The fraction of sp³-hybridized carbons (Fsp3) is 0.308. The molecule has 0 spiro atoms. The van der Waals surface area contributed by atoms with Gasteiger partial charge in [-0.15, -0.1) is 11.3 Å². The van der Waals surface area contributed by atoms with Gasteiger partial charge in [-0.3, -0.25) is 0 Å². The van der Waals surface area contributed by atoms with E-state index in [-0.39, 0.29) is 6.04 Å². The van der Waals surface area contributed by atoms with Crippen LogP contribution in [0, 0.1) is 17.4 Å². The minimum atomic E-state index is 0.0346. The van der Waals surface area contributed by atoms with Crippen LogP contribution >= 0.6 is 33.9 Å². The van der Waals surface area contributed by atoms with Crippen molar-refractivity contribution >= 4 is 33.9 Å². The van der Waals surface area contributed by atoms with Crippen molar-refractivity contribution in [1.82, 2.24) is 4.98 Å². The molecular weight excluding hydrogens is 343 g/mol. The van der Waals surface area contributed by atoms with Crippen molar-refractivity contribution in [1.29, 1.82) is 0 Å². The topological polar surface area (TPSA) is 38.9 Å². The zero-order valence-electron chi connectivity index (χ0n) is 9.90. The van der Waals surface area contributed by atoms with Gasteiger partial charge in [-0.1, -0.05) is 18.2 Å². The van der Waals surface area contributed by atoms with Crippen LogP contribution in [0.5, 0.6) is 0 Å². The number of aryl methyl sites for hydroxylation is 2. The van der Waals surface area contributed by atoms with Gasteiger partial charge in [-0.2, -0.15) is 0 Å². The molecule has 2 rings (SSSR count). The van der Waals surface area contributed by atoms with Crippen LogP contribution in [-0.2, 0) is 6.42 Å². The molecule has 17 heavy (non-hydrogen) atoms. The molecule has 0 saturated heterocycles. The summed E-state index contributed by atoms with van der Waals surface area (Å²) < 4.78 is 1.27. The molecule has 0 bridgehead atoms. The third-order valence-corrected chi connectivity index (χ3v) is 5.14. The van der Waals surface area contributed by atoms with E-state index in [4.69, 9.17) is 5.73 Å². The van der Waals surface area contributed by atoms with E-state index in [0.29, 0.717) is 0 Å². The third-order valence-electron chi connectivity index (χ3n) is 2.68. The molecule has 0 amide bonds. The summed E-state index contributed by atoms with van der Waals surface area (Å²) in [7, 11) is 0. The number of aromatic nitrogens is 1. The van der Waals surface area contributed by atoms with Crippen LogP contribution in [-0.4, -0.2) is 4.98 Å². The molecule has 0 aliphatic carbocycles. The van der Waals surface area contributed by atoms with Gasteiger partial charge in [0.05, 0.1) is 5.01 Å². The SMILES string of the molecule is Cc1csc(CC(N)c2cccc(C)c2I)n1. The average molecular weight is 358 g/mol. The van der Waals surface area contributed by atoms with Gasteiger partial charge in [-0.05, 0) is 47.6 Å². The van der Waals surface area contributed by atoms with Crippen LogP contribution in [0.4, 0.5) is 0 Å². The van der Waals surface area contributed by atoms with E-state index in [9.17, 15) is 0 Å². The Balaban J connectivity index is 2.20. The van der Waals surface area contributed by atoms with Crippen molar-refractivity contribution in [3.63, 3.8) is 0 Å². The second-order valence-electron chi connectivity index (χ2n) is 4.17. The standard InChI is InChI=1S/C13H15IN2S/c1-8-4-3-5-10(13(8)14)11(15)6-12-16-9(2)7-17-12/h3-5,7,11H,6,15H2,1-2H3. The number of nitrogens with zero attached hydrogens (tertiary/aromatic N) is 1. The van der Waals surface area contributed by atoms with E-state index in [2.05, 4.69) is 58.1 Å². The quantitative estimate of drug-likeness (QED) is 0.852. The molecule has 2 nitrogen and oxygen atoms in total. The van der Waals surface area contributed by atoms with Crippen molar-refractivity contribution in [3.8, 4) is 0 Å². The molecule has 0 aliphatic heterocycles. The Morgan fingerprint density at radius 2 is 2.18 bits per heavy atom. The van der Waals surface area contributed by atoms with Crippen molar-refractivity contribution in [3.05, 3.63) is 49.0 Å². The Labute approximate surface area is 119 Å². The lowest BCUT2D eigenvalue weighted by Crippen LogP contribution is -2.15. The van der Waals surface area contributed by atoms with Crippen LogP contribution in [0.1, 0.15) is 27.9 Å². The zero-order chi connectivity index (χ0) is 12.4. The molecule has 4 heteroatoms. The van der Waals surface area contributed by atoms with Gasteiger partial charge in [0.2, 0.25) is 0 Å². The highest BCUT2D eigenvalue weighted by Gasteiger charge is 2.13. The maximum absolute atomic E-state index is 6.27. The van der Waals surface area contributed by atoms with Gasteiger partial charge in [0.25, 0.3) is 0 Å². The van der Waals surface area contributed by atoms with Gasteiger partial charge in [0.15, 0.2) is 0 Å². The van der Waals surface area contributed by atoms with E-state index in [1.54, 1.807) is 11.3 Å². The van der Waals surface area contributed by atoms with E-state index >= 15 is 0 Å². The number of thiazole rings is 1. The molecule has 0 radical (unpaired) electrons. The largest absolute Gasteiger partial charge is 0.324 e. The van der Waals surface area contributed by atoms with E-state index in [0.717, 1.165) is 17.1 Å². The van der Waals surface area contributed by atoms with Crippen molar-refractivity contribution in [2.75, 3.05) is 0 Å². The minimum absolute atomic E-state index is 0.0346. The number of nitrogens with two attached hydrogens (primary N) is 1. The zero-order valence-corrected chi connectivity index (χ0v) is 12.9. The number of hydrogen-bond acceptors (Lipinski definition) is 3. The molecule has 1 heterocycles. The first-order chi connectivity index (χ1) is 8.08. The fourth-order valence-electron chi connectivity index (χ4n) is 1.75. The van der Waals surface area contributed by atoms with Gasteiger partial charge >= 0.3 is 0 Å². The summed E-state index contributed by atoms with van der Waals surface area (Å²) in [6, 6.07) is 6.33. The summed E-state index contributed by atoms with van der Waals surface area (Å²) in [6.45, 7) is 4.13. The summed E-state index contributed by atoms with van der Waals surface area (Å²) in [4.78, 5) is 4.46. The first kappa shape index (κ1) is 13.0. The lowest BCUT2D eigenvalue weighted by Gasteiger charge is -2.14. The highest BCUT2D eigenvalue weighted by molar-refractivity contribution is 14.1. The van der Waals surface area contributed by atoms with Crippen LogP contribution in [0.2, 0.25) is 0 Å². The highest BCUT2D eigenvalue weighted by atomic mass is 127. The van der Waals surface area contributed by atoms with Crippen LogP contribution in [0.25, 0.3) is 0 Å². The predicted molar refractivity (Wildman–Crippen MR) is 81.4 cm³/mol. The summed E-state index contributed by atoms with van der Waals surface area (Å²) in [5, 5.41) is 3.19. The minimum Gasteiger partial charge on any atom is -0.324 e. The van der Waals surface area contributed by atoms with Crippen molar-refractivity contribution in [2.45, 2.75) is 26.3 Å². The molecule has 0 fully saturated rings. The van der Waals surface area contributed by atoms with Crippen LogP contribution < -0.4 is 5.73 Å². The molecular formula is C13H15IN2S. The van der Waals surface area contributed by atoms with Gasteiger partial charge < -0.3 is 5.73 Å². The van der Waals surface area contributed by atoms with Crippen molar-refractivity contribution < 1.29 is 0 Å². The molecule has 1 unspecified atom stereocenters. The Kier molecular flexibility index (Phi) is 4.17. The maximum atomic E-state index is 6.27. The lowest BCUT2D eigenvalue weighted by molar-refractivity contribution is 0.712. The Bertz CT molecular complexity index is 522. The molecule has 1 aromatic heterocycles. The van der Waals surface area contributed by atoms with E-state index in [1.165, 1.54) is 14.7 Å². The maximum Gasteiger partial charge on any atom is 0.0947 e. The Morgan fingerprint density at radius 3 is 2.82 bits per heavy atom. The monoisotopic (exact) mass is 358 g/mol. The Morgan fingerprint density at radius 1 is 1.41 bits per heavy atom. The van der Waals surface area contributed by atoms with Gasteiger partial charge in [0, 0.05) is 27.1 Å². The molecule has 1 aromatic carbocycles. The van der Waals surface area contributed by atoms with E-state index < -0.39 is 0 Å². The third kappa shape index (κ3) is 3.05. The molecule has 2 N–H and O–H groups in total. The lowest BCUT2D eigenvalue weighted by atomic mass is 10.0. The predicted octanol–water partition coefficient (Wildman–Crippen LogP) is 3.61. The summed E-state index contributed by atoms with van der Waals surface area (Å²) >= 11 is 4.06. The van der Waals surface area contributed by atoms with Gasteiger partial charge in [-0.25, -0.2) is 4.98 Å². The number of benzene rings is 1. The number of rotatable bonds is 3. The second-order valence-corrected chi connectivity index (χ2v) is 6.19. The summed E-state index contributed by atoms with van der Waals surface area (Å²) in [5.74, 6) is 0.